The molecule has 1 saturated heterocycles. The fraction of sp³-hybridized carbons (Fsp3) is 0.588. The quantitative estimate of drug-likeness (QED) is 0.886. The first-order valence-corrected chi connectivity index (χ1v) is 7.54. The lowest BCUT2D eigenvalue weighted by Crippen LogP contribution is -2.47. The Morgan fingerprint density at radius 1 is 1.35 bits per heavy atom. The van der Waals surface area contributed by atoms with Gasteiger partial charge in [0.05, 0.1) is 0 Å². The van der Waals surface area contributed by atoms with Gasteiger partial charge < -0.3 is 10.6 Å². The van der Waals surface area contributed by atoms with Gasteiger partial charge in [0, 0.05) is 12.0 Å². The normalized spacial score (nSPS) is 19.6. The molecule has 2 N–H and O–H groups in total. The van der Waals surface area contributed by atoms with E-state index in [1.807, 2.05) is 0 Å². The summed E-state index contributed by atoms with van der Waals surface area (Å²) in [5.41, 5.74) is 2.09. The first kappa shape index (κ1) is 15.0. The van der Waals surface area contributed by atoms with Gasteiger partial charge in [-0.3, -0.25) is 4.79 Å². The molecule has 20 heavy (non-hydrogen) atoms. The Balaban J connectivity index is 1.91. The molecule has 0 saturated carbocycles. The fourth-order valence-electron chi connectivity index (χ4n) is 2.77. The number of amides is 1. The van der Waals surface area contributed by atoms with Crippen LogP contribution in [-0.4, -0.2) is 19.0 Å². The first-order valence-electron chi connectivity index (χ1n) is 7.54. The summed E-state index contributed by atoms with van der Waals surface area (Å²) in [6, 6.07) is 8.31. The van der Waals surface area contributed by atoms with Gasteiger partial charge in [0.25, 0.3) is 0 Å². The topological polar surface area (TPSA) is 41.1 Å². The van der Waals surface area contributed by atoms with Crippen molar-refractivity contribution in [3.8, 4) is 0 Å². The lowest BCUT2D eigenvalue weighted by Gasteiger charge is -2.36. The first-order chi connectivity index (χ1) is 9.50. The fourth-order valence-corrected chi connectivity index (χ4v) is 2.77. The zero-order chi connectivity index (χ0) is 14.6. The number of carbonyl (C=O) groups is 1. The Kier molecular flexibility index (Phi) is 4.81. The van der Waals surface area contributed by atoms with E-state index in [9.17, 15) is 4.79 Å². The molecule has 1 unspecified atom stereocenters. The standard InChI is InChI=1S/C17H26N2O/c1-13-6-8-14(9-7-13)11-19-16(20)17(2,3)15-5-4-10-18-12-15/h6-9,15,18H,4-5,10-12H2,1-3H3,(H,19,20). The molecule has 1 aromatic rings. The summed E-state index contributed by atoms with van der Waals surface area (Å²) in [4.78, 5) is 12.5. The third-order valence-electron chi connectivity index (χ3n) is 4.48. The maximum absolute atomic E-state index is 12.5. The van der Waals surface area contributed by atoms with Crippen LogP contribution in [0.15, 0.2) is 24.3 Å². The van der Waals surface area contributed by atoms with Gasteiger partial charge in [0.15, 0.2) is 0 Å². The van der Waals surface area contributed by atoms with Gasteiger partial charge in [-0.1, -0.05) is 43.7 Å². The molecule has 1 fully saturated rings. The van der Waals surface area contributed by atoms with E-state index in [1.54, 1.807) is 0 Å². The molecule has 0 aromatic heterocycles. The number of hydrogen-bond acceptors (Lipinski definition) is 2. The number of benzene rings is 1. The zero-order valence-electron chi connectivity index (χ0n) is 12.8. The molecule has 1 atom stereocenters. The largest absolute Gasteiger partial charge is 0.352 e. The Labute approximate surface area is 122 Å². The van der Waals surface area contributed by atoms with Gasteiger partial charge in [0.2, 0.25) is 5.91 Å². The molecule has 3 nitrogen and oxygen atoms in total. The molecular formula is C17H26N2O. The van der Waals surface area contributed by atoms with Crippen LogP contribution in [0.1, 0.15) is 37.8 Å². The van der Waals surface area contributed by atoms with Crippen molar-refractivity contribution in [3.63, 3.8) is 0 Å². The van der Waals surface area contributed by atoms with Crippen LogP contribution in [0.4, 0.5) is 0 Å². The van der Waals surface area contributed by atoms with Crippen molar-refractivity contribution >= 4 is 5.91 Å². The highest BCUT2D eigenvalue weighted by atomic mass is 16.2. The highest BCUT2D eigenvalue weighted by Gasteiger charge is 2.36. The average molecular weight is 274 g/mol. The van der Waals surface area contributed by atoms with Crippen LogP contribution in [0.25, 0.3) is 0 Å². The Morgan fingerprint density at radius 3 is 2.65 bits per heavy atom. The van der Waals surface area contributed by atoms with E-state index in [2.05, 4.69) is 55.7 Å². The van der Waals surface area contributed by atoms with Gasteiger partial charge in [0.1, 0.15) is 0 Å². The summed E-state index contributed by atoms with van der Waals surface area (Å²) in [7, 11) is 0. The van der Waals surface area contributed by atoms with Gasteiger partial charge >= 0.3 is 0 Å². The highest BCUT2D eigenvalue weighted by Crippen LogP contribution is 2.31. The van der Waals surface area contributed by atoms with Crippen molar-refractivity contribution in [3.05, 3.63) is 35.4 Å². The SMILES string of the molecule is Cc1ccc(CNC(=O)C(C)(C)C2CCCNC2)cc1. The van der Waals surface area contributed by atoms with Gasteiger partial charge in [-0.05, 0) is 44.3 Å². The maximum atomic E-state index is 12.5. The molecule has 3 heteroatoms. The van der Waals surface area contributed by atoms with E-state index < -0.39 is 0 Å². The minimum Gasteiger partial charge on any atom is -0.352 e. The lowest BCUT2D eigenvalue weighted by atomic mass is 9.74. The van der Waals surface area contributed by atoms with Crippen molar-refractivity contribution in [2.75, 3.05) is 13.1 Å². The summed E-state index contributed by atoms with van der Waals surface area (Å²) < 4.78 is 0. The smallest absolute Gasteiger partial charge is 0.226 e. The summed E-state index contributed by atoms with van der Waals surface area (Å²) in [5.74, 6) is 0.584. The van der Waals surface area contributed by atoms with Gasteiger partial charge in [-0.15, -0.1) is 0 Å². The number of nitrogens with one attached hydrogen (secondary N) is 2. The predicted octanol–water partition coefficient (Wildman–Crippen LogP) is 2.64. The third-order valence-corrected chi connectivity index (χ3v) is 4.48. The van der Waals surface area contributed by atoms with E-state index in [4.69, 9.17) is 0 Å². The third kappa shape index (κ3) is 3.60. The molecule has 0 spiro atoms. The molecule has 1 heterocycles. The van der Waals surface area contributed by atoms with Gasteiger partial charge in [-0.25, -0.2) is 0 Å². The molecule has 2 rings (SSSR count). The molecule has 1 aliphatic heterocycles. The van der Waals surface area contributed by atoms with Crippen LogP contribution in [0.5, 0.6) is 0 Å². The van der Waals surface area contributed by atoms with E-state index >= 15 is 0 Å². The van der Waals surface area contributed by atoms with Crippen LogP contribution in [0, 0.1) is 18.3 Å². The zero-order valence-corrected chi connectivity index (χ0v) is 12.8. The number of carbonyl (C=O) groups excluding carboxylic acids is 1. The monoisotopic (exact) mass is 274 g/mol. The molecule has 0 radical (unpaired) electrons. The van der Waals surface area contributed by atoms with Crippen molar-refractivity contribution in [2.24, 2.45) is 11.3 Å². The number of aryl methyl sites for hydroxylation is 1. The van der Waals surface area contributed by atoms with Crippen LogP contribution >= 0.6 is 0 Å². The molecule has 1 aliphatic rings. The number of hydrogen-bond donors (Lipinski definition) is 2. The summed E-state index contributed by atoms with van der Waals surface area (Å²) in [5, 5.41) is 6.49. The second kappa shape index (κ2) is 6.40. The van der Waals surface area contributed by atoms with Crippen molar-refractivity contribution in [1.29, 1.82) is 0 Å². The van der Waals surface area contributed by atoms with Crippen LogP contribution in [0.2, 0.25) is 0 Å². The molecule has 1 aromatic carbocycles. The second-order valence-corrected chi connectivity index (χ2v) is 6.43. The highest BCUT2D eigenvalue weighted by molar-refractivity contribution is 5.82. The van der Waals surface area contributed by atoms with E-state index in [-0.39, 0.29) is 11.3 Å². The van der Waals surface area contributed by atoms with Crippen molar-refractivity contribution in [2.45, 2.75) is 40.2 Å². The van der Waals surface area contributed by atoms with Crippen LogP contribution in [-0.2, 0) is 11.3 Å². The summed E-state index contributed by atoms with van der Waals surface area (Å²) in [6.45, 7) is 8.84. The van der Waals surface area contributed by atoms with Crippen molar-refractivity contribution < 1.29 is 4.79 Å². The number of rotatable bonds is 4. The van der Waals surface area contributed by atoms with Crippen LogP contribution < -0.4 is 10.6 Å². The van der Waals surface area contributed by atoms with E-state index in [0.717, 1.165) is 25.1 Å². The van der Waals surface area contributed by atoms with E-state index in [1.165, 1.54) is 12.0 Å². The molecule has 110 valence electrons. The minimum absolute atomic E-state index is 0.159. The van der Waals surface area contributed by atoms with Crippen molar-refractivity contribution in [1.82, 2.24) is 10.6 Å². The minimum atomic E-state index is -0.307. The average Bonchev–Trinajstić information content (AvgIpc) is 2.47. The summed E-state index contributed by atoms with van der Waals surface area (Å²) in [6.07, 6.45) is 2.30. The molecule has 1 amide bonds. The predicted molar refractivity (Wildman–Crippen MR) is 82.4 cm³/mol. The van der Waals surface area contributed by atoms with E-state index in [0.29, 0.717) is 12.5 Å². The Bertz CT molecular complexity index is 445. The van der Waals surface area contributed by atoms with Crippen LogP contribution in [0.3, 0.4) is 0 Å². The summed E-state index contributed by atoms with van der Waals surface area (Å²) >= 11 is 0. The lowest BCUT2D eigenvalue weighted by molar-refractivity contribution is -0.132. The Hall–Kier alpha value is -1.35. The Morgan fingerprint density at radius 2 is 2.05 bits per heavy atom. The van der Waals surface area contributed by atoms with Gasteiger partial charge in [-0.2, -0.15) is 0 Å². The molecular weight excluding hydrogens is 248 g/mol. The second-order valence-electron chi connectivity index (χ2n) is 6.43. The number of piperidine rings is 1. The maximum Gasteiger partial charge on any atom is 0.226 e. The molecule has 0 bridgehead atoms. The molecule has 0 aliphatic carbocycles.